The summed E-state index contributed by atoms with van der Waals surface area (Å²) in [6.45, 7) is 0.373. The van der Waals surface area contributed by atoms with Crippen molar-refractivity contribution in [2.75, 3.05) is 14.2 Å². The maximum Gasteiger partial charge on any atom is 0.416 e. The van der Waals surface area contributed by atoms with E-state index in [2.05, 4.69) is 4.98 Å². The first-order valence-electron chi connectivity index (χ1n) is 10.8. The Morgan fingerprint density at radius 2 is 1.51 bits per heavy atom. The number of aromatic nitrogens is 2. The van der Waals surface area contributed by atoms with Gasteiger partial charge < -0.3 is 19.1 Å². The summed E-state index contributed by atoms with van der Waals surface area (Å²) in [7, 11) is 3.13. The summed E-state index contributed by atoms with van der Waals surface area (Å²) < 4.78 is 51.7. The highest BCUT2D eigenvalue weighted by Crippen LogP contribution is 2.41. The van der Waals surface area contributed by atoms with Crippen molar-refractivity contribution in [2.24, 2.45) is 0 Å². The Kier molecular flexibility index (Phi) is 5.51. The first-order chi connectivity index (χ1) is 16.8. The molecule has 0 atom stereocenters. The molecule has 0 amide bonds. The third-order valence-corrected chi connectivity index (χ3v) is 6.01. The Hall–Kier alpha value is -4.20. The van der Waals surface area contributed by atoms with Gasteiger partial charge in [-0.2, -0.15) is 13.2 Å². The van der Waals surface area contributed by atoms with Crippen LogP contribution in [-0.2, 0) is 12.7 Å². The zero-order valence-electron chi connectivity index (χ0n) is 18.9. The van der Waals surface area contributed by atoms with Crippen LogP contribution in [0.4, 0.5) is 13.2 Å². The number of nitrogens with zero attached hydrogens (tertiary/aromatic N) is 2. The van der Waals surface area contributed by atoms with Gasteiger partial charge in [-0.05, 0) is 53.6 Å². The fourth-order valence-electron chi connectivity index (χ4n) is 4.22. The van der Waals surface area contributed by atoms with Crippen LogP contribution in [0.3, 0.4) is 0 Å². The van der Waals surface area contributed by atoms with Gasteiger partial charge >= 0.3 is 6.18 Å². The van der Waals surface area contributed by atoms with Gasteiger partial charge in [-0.15, -0.1) is 0 Å². The molecule has 35 heavy (non-hydrogen) atoms. The molecule has 0 aliphatic rings. The normalized spacial score (nSPS) is 11.8. The third-order valence-electron chi connectivity index (χ3n) is 6.01. The van der Waals surface area contributed by atoms with Gasteiger partial charge in [-0.25, -0.2) is 4.98 Å². The van der Waals surface area contributed by atoms with Gasteiger partial charge in [0.1, 0.15) is 17.0 Å². The maximum atomic E-state index is 13.2. The lowest BCUT2D eigenvalue weighted by Crippen LogP contribution is -2.04. The molecule has 178 valence electrons. The SMILES string of the molecule is COc1ccc(Cn2cc3c(-c4ccc(C(F)(F)F)cc4)c4cc(OC)ccc4nc3c2O)cc1. The Balaban J connectivity index is 1.72. The van der Waals surface area contributed by atoms with Crippen LogP contribution in [0.5, 0.6) is 17.4 Å². The fourth-order valence-corrected chi connectivity index (χ4v) is 4.22. The van der Waals surface area contributed by atoms with E-state index in [9.17, 15) is 18.3 Å². The molecule has 0 saturated heterocycles. The van der Waals surface area contributed by atoms with Crippen LogP contribution in [-0.4, -0.2) is 28.9 Å². The minimum absolute atomic E-state index is 0.0262. The molecule has 0 spiro atoms. The molecule has 1 N–H and O–H groups in total. The topological polar surface area (TPSA) is 56.5 Å². The number of aromatic hydroxyl groups is 1. The lowest BCUT2D eigenvalue weighted by atomic mass is 9.96. The van der Waals surface area contributed by atoms with E-state index in [1.807, 2.05) is 24.3 Å². The number of rotatable bonds is 5. The summed E-state index contributed by atoms with van der Waals surface area (Å²) in [6, 6.07) is 17.8. The summed E-state index contributed by atoms with van der Waals surface area (Å²) in [5, 5.41) is 12.4. The summed E-state index contributed by atoms with van der Waals surface area (Å²) in [6.07, 6.45) is -2.66. The van der Waals surface area contributed by atoms with E-state index in [-0.39, 0.29) is 5.88 Å². The molecule has 0 radical (unpaired) electrons. The van der Waals surface area contributed by atoms with Crippen molar-refractivity contribution in [3.8, 4) is 28.5 Å². The second-order valence-corrected chi connectivity index (χ2v) is 8.14. The Bertz CT molecular complexity index is 1520. The number of pyridine rings is 1. The predicted octanol–water partition coefficient (Wildman–Crippen LogP) is 6.65. The van der Waals surface area contributed by atoms with E-state index >= 15 is 0 Å². The second-order valence-electron chi connectivity index (χ2n) is 8.14. The quantitative estimate of drug-likeness (QED) is 0.307. The molecule has 0 bridgehead atoms. The van der Waals surface area contributed by atoms with Crippen LogP contribution in [0.1, 0.15) is 11.1 Å². The average Bonchev–Trinajstić information content (AvgIpc) is 3.16. The lowest BCUT2D eigenvalue weighted by Gasteiger charge is -2.12. The zero-order valence-corrected chi connectivity index (χ0v) is 18.9. The minimum atomic E-state index is -4.43. The lowest BCUT2D eigenvalue weighted by molar-refractivity contribution is -0.137. The fraction of sp³-hybridized carbons (Fsp3) is 0.148. The maximum absolute atomic E-state index is 13.2. The van der Waals surface area contributed by atoms with E-state index in [1.54, 1.807) is 43.2 Å². The molecule has 5 aromatic rings. The molecule has 8 heteroatoms. The molecule has 3 aromatic carbocycles. The van der Waals surface area contributed by atoms with E-state index in [0.29, 0.717) is 45.2 Å². The van der Waals surface area contributed by atoms with Crippen LogP contribution in [0.25, 0.3) is 32.9 Å². The van der Waals surface area contributed by atoms with Gasteiger partial charge in [0.2, 0.25) is 5.88 Å². The van der Waals surface area contributed by atoms with Gasteiger partial charge in [0.15, 0.2) is 0 Å². The second kappa shape index (κ2) is 8.54. The van der Waals surface area contributed by atoms with E-state index in [0.717, 1.165) is 23.4 Å². The molecule has 5 rings (SSSR count). The number of halogens is 3. The molecule has 0 saturated carbocycles. The average molecular weight is 478 g/mol. The number of ether oxygens (including phenoxy) is 2. The van der Waals surface area contributed by atoms with Gasteiger partial charge in [-0.3, -0.25) is 0 Å². The van der Waals surface area contributed by atoms with Gasteiger partial charge in [0, 0.05) is 22.5 Å². The monoisotopic (exact) mass is 478 g/mol. The predicted molar refractivity (Wildman–Crippen MR) is 128 cm³/mol. The highest BCUT2D eigenvalue weighted by Gasteiger charge is 2.30. The third kappa shape index (κ3) is 4.12. The van der Waals surface area contributed by atoms with Crippen LogP contribution in [0.15, 0.2) is 72.9 Å². The van der Waals surface area contributed by atoms with Crippen molar-refractivity contribution in [1.82, 2.24) is 9.55 Å². The number of methoxy groups -OCH3 is 2. The van der Waals surface area contributed by atoms with Crippen molar-refractivity contribution >= 4 is 21.8 Å². The molecule has 2 aromatic heterocycles. The smallest absolute Gasteiger partial charge is 0.416 e. The largest absolute Gasteiger partial charge is 0.497 e. The molecule has 0 fully saturated rings. The summed E-state index contributed by atoms with van der Waals surface area (Å²) in [4.78, 5) is 4.66. The van der Waals surface area contributed by atoms with Crippen LogP contribution in [0, 0.1) is 0 Å². The molecular weight excluding hydrogens is 457 g/mol. The standard InChI is InChI=1S/C27H21F3N2O3/c1-34-19-9-3-16(4-10-19)14-32-15-22-24(17-5-7-18(8-6-17)27(28,29)30)21-13-20(35-2)11-12-23(21)31-25(22)26(32)33/h3-13,15,33H,14H2,1-2H3. The van der Waals surface area contributed by atoms with Crippen LogP contribution >= 0.6 is 0 Å². The summed E-state index contributed by atoms with van der Waals surface area (Å²) in [5.41, 5.74) is 2.40. The molecular formula is C27H21F3N2O3. The number of benzene rings is 3. The van der Waals surface area contributed by atoms with Gasteiger partial charge in [0.25, 0.3) is 0 Å². The first-order valence-corrected chi connectivity index (χ1v) is 10.8. The number of alkyl halides is 3. The van der Waals surface area contributed by atoms with Crippen molar-refractivity contribution in [3.05, 3.63) is 84.1 Å². The Labute approximate surface area is 199 Å². The van der Waals surface area contributed by atoms with E-state index < -0.39 is 11.7 Å². The highest BCUT2D eigenvalue weighted by atomic mass is 19.4. The molecule has 2 heterocycles. The molecule has 0 aliphatic heterocycles. The first kappa shape index (κ1) is 22.6. The Morgan fingerprint density at radius 3 is 2.14 bits per heavy atom. The Morgan fingerprint density at radius 1 is 0.857 bits per heavy atom. The molecule has 0 aliphatic carbocycles. The number of fused-ring (bicyclic) bond motifs is 2. The van der Waals surface area contributed by atoms with Gasteiger partial charge in [-0.1, -0.05) is 24.3 Å². The zero-order chi connectivity index (χ0) is 24.7. The van der Waals surface area contributed by atoms with Crippen LogP contribution < -0.4 is 9.47 Å². The van der Waals surface area contributed by atoms with E-state index in [4.69, 9.17) is 9.47 Å². The minimum Gasteiger partial charge on any atom is -0.497 e. The molecule has 5 nitrogen and oxygen atoms in total. The number of hydrogen-bond acceptors (Lipinski definition) is 4. The van der Waals surface area contributed by atoms with Crippen LogP contribution in [0.2, 0.25) is 0 Å². The van der Waals surface area contributed by atoms with Crippen molar-refractivity contribution in [3.63, 3.8) is 0 Å². The highest BCUT2D eigenvalue weighted by molar-refractivity contribution is 6.11. The van der Waals surface area contributed by atoms with E-state index in [1.165, 1.54) is 12.1 Å². The molecule has 0 unspecified atom stereocenters. The number of hydrogen-bond donors (Lipinski definition) is 1. The van der Waals surface area contributed by atoms with Crippen molar-refractivity contribution in [2.45, 2.75) is 12.7 Å². The summed E-state index contributed by atoms with van der Waals surface area (Å²) >= 11 is 0. The van der Waals surface area contributed by atoms with Crippen molar-refractivity contribution in [1.29, 1.82) is 0 Å². The summed E-state index contributed by atoms with van der Waals surface area (Å²) in [5.74, 6) is 1.29. The van der Waals surface area contributed by atoms with Crippen molar-refractivity contribution < 1.29 is 27.8 Å². The van der Waals surface area contributed by atoms with Gasteiger partial charge in [0.05, 0.1) is 31.8 Å².